The molecular weight excluding hydrogens is 392 g/mol. The van der Waals surface area contributed by atoms with Crippen LogP contribution in [0.25, 0.3) is 6.08 Å². The molecule has 0 saturated carbocycles. The third-order valence-corrected chi connectivity index (χ3v) is 4.28. The summed E-state index contributed by atoms with van der Waals surface area (Å²) in [4.78, 5) is 38.5. The second kappa shape index (κ2) is 8.56. The number of esters is 2. The van der Waals surface area contributed by atoms with Crippen molar-refractivity contribution in [3.8, 4) is 11.5 Å². The topological polar surface area (TPSA) is 117 Å². The van der Waals surface area contributed by atoms with Crippen LogP contribution in [0, 0.1) is 17.0 Å². The fourth-order valence-electron chi connectivity index (χ4n) is 2.68. The van der Waals surface area contributed by atoms with E-state index in [1.807, 2.05) is 0 Å². The molecule has 0 unspecified atom stereocenters. The smallest absolute Gasteiger partial charge is 0.363 e. The lowest BCUT2D eigenvalue weighted by Gasteiger charge is -2.09. The largest absolute Gasteiger partial charge is 0.493 e. The molecule has 154 valence electrons. The molecule has 2 aromatic rings. The highest BCUT2D eigenvalue weighted by Crippen LogP contribution is 2.30. The van der Waals surface area contributed by atoms with Gasteiger partial charge in [-0.1, -0.05) is 19.1 Å². The van der Waals surface area contributed by atoms with E-state index in [2.05, 4.69) is 4.99 Å². The Bertz CT molecular complexity index is 1100. The fraction of sp³-hybridized carbons (Fsp3) is 0.190. The summed E-state index contributed by atoms with van der Waals surface area (Å²) in [5, 5.41) is 11.1. The molecule has 1 aliphatic rings. The third kappa shape index (κ3) is 4.35. The minimum atomic E-state index is -0.686. The number of hydrogen-bond donors (Lipinski definition) is 0. The monoisotopic (exact) mass is 410 g/mol. The summed E-state index contributed by atoms with van der Waals surface area (Å²) < 4.78 is 15.6. The number of hydrogen-bond acceptors (Lipinski definition) is 8. The number of aliphatic imine (C=N–C) groups is 1. The highest BCUT2D eigenvalue weighted by Gasteiger charge is 2.26. The summed E-state index contributed by atoms with van der Waals surface area (Å²) in [5.41, 5.74) is 1.30. The van der Waals surface area contributed by atoms with Gasteiger partial charge < -0.3 is 14.2 Å². The van der Waals surface area contributed by atoms with E-state index in [0.717, 1.165) is 0 Å². The molecule has 0 spiro atoms. The van der Waals surface area contributed by atoms with E-state index in [1.165, 1.54) is 19.3 Å². The van der Waals surface area contributed by atoms with Gasteiger partial charge in [-0.2, -0.15) is 0 Å². The molecule has 9 nitrogen and oxygen atoms in total. The Morgan fingerprint density at radius 1 is 1.23 bits per heavy atom. The normalized spacial score (nSPS) is 14.3. The molecule has 2 aromatic carbocycles. The molecule has 0 bridgehead atoms. The second-order valence-electron chi connectivity index (χ2n) is 6.33. The van der Waals surface area contributed by atoms with Gasteiger partial charge in [0.15, 0.2) is 17.2 Å². The molecule has 9 heteroatoms. The van der Waals surface area contributed by atoms with Gasteiger partial charge in [0.05, 0.1) is 12.0 Å². The van der Waals surface area contributed by atoms with Gasteiger partial charge in [-0.15, -0.1) is 0 Å². The first-order valence-corrected chi connectivity index (χ1v) is 8.99. The van der Waals surface area contributed by atoms with Crippen molar-refractivity contribution in [2.75, 3.05) is 7.11 Å². The van der Waals surface area contributed by atoms with Gasteiger partial charge in [0, 0.05) is 23.6 Å². The van der Waals surface area contributed by atoms with Gasteiger partial charge in [0.2, 0.25) is 5.90 Å². The average molecular weight is 410 g/mol. The highest BCUT2D eigenvalue weighted by atomic mass is 16.6. The number of nitro benzene ring substituents is 1. The van der Waals surface area contributed by atoms with E-state index in [-0.39, 0.29) is 29.5 Å². The van der Waals surface area contributed by atoms with Crippen LogP contribution in [0.3, 0.4) is 0 Å². The van der Waals surface area contributed by atoms with Gasteiger partial charge >= 0.3 is 11.9 Å². The Balaban J connectivity index is 1.92. The van der Waals surface area contributed by atoms with Crippen LogP contribution in [-0.4, -0.2) is 29.9 Å². The zero-order chi connectivity index (χ0) is 21.8. The molecule has 0 saturated heterocycles. The lowest BCUT2D eigenvalue weighted by atomic mass is 10.1. The predicted molar refractivity (Wildman–Crippen MR) is 107 cm³/mol. The van der Waals surface area contributed by atoms with Crippen molar-refractivity contribution in [3.05, 3.63) is 68.9 Å². The summed E-state index contributed by atoms with van der Waals surface area (Å²) >= 11 is 0. The van der Waals surface area contributed by atoms with Crippen LogP contribution in [-0.2, 0) is 14.3 Å². The Morgan fingerprint density at radius 3 is 2.67 bits per heavy atom. The lowest BCUT2D eigenvalue weighted by Crippen LogP contribution is -2.07. The quantitative estimate of drug-likeness (QED) is 0.235. The van der Waals surface area contributed by atoms with Crippen LogP contribution < -0.4 is 9.47 Å². The minimum absolute atomic E-state index is 0.0187. The molecule has 1 aliphatic heterocycles. The summed E-state index contributed by atoms with van der Waals surface area (Å²) in [5.74, 6) is -0.531. The number of cyclic esters (lactones) is 1. The van der Waals surface area contributed by atoms with Crippen molar-refractivity contribution >= 4 is 29.6 Å². The number of ether oxygens (including phenoxy) is 3. The Labute approximate surface area is 171 Å². The van der Waals surface area contributed by atoms with Crippen molar-refractivity contribution < 1.29 is 28.7 Å². The number of rotatable bonds is 6. The number of carbonyl (C=O) groups excluding carboxylic acids is 2. The minimum Gasteiger partial charge on any atom is -0.493 e. The zero-order valence-corrected chi connectivity index (χ0v) is 16.5. The molecule has 0 N–H and O–H groups in total. The van der Waals surface area contributed by atoms with E-state index in [1.54, 1.807) is 44.2 Å². The van der Waals surface area contributed by atoms with Crippen molar-refractivity contribution in [3.63, 3.8) is 0 Å². The summed E-state index contributed by atoms with van der Waals surface area (Å²) in [6.45, 7) is 3.29. The molecule has 3 rings (SSSR count). The molecule has 0 aromatic heterocycles. The van der Waals surface area contributed by atoms with Crippen molar-refractivity contribution in [1.29, 1.82) is 0 Å². The van der Waals surface area contributed by atoms with Crippen LogP contribution in [0.1, 0.15) is 30.0 Å². The molecule has 1 heterocycles. The summed E-state index contributed by atoms with van der Waals surface area (Å²) in [6.07, 6.45) is 1.70. The molecule has 0 fully saturated rings. The molecule has 0 amide bonds. The standard InChI is InChI=1S/C21H18N2O7/c1-4-19(24)29-17-8-6-13(10-18(17)28-3)9-15-21(25)30-20(22-15)14-7-5-12(2)16(11-14)23(26)27/h5-11H,4H2,1-3H3/b15-9+. The van der Waals surface area contributed by atoms with Crippen LogP contribution in [0.4, 0.5) is 5.69 Å². The zero-order valence-electron chi connectivity index (χ0n) is 16.5. The molecule has 0 atom stereocenters. The van der Waals surface area contributed by atoms with Gasteiger partial charge in [-0.05, 0) is 36.8 Å². The van der Waals surface area contributed by atoms with Crippen LogP contribution >= 0.6 is 0 Å². The van der Waals surface area contributed by atoms with E-state index >= 15 is 0 Å². The molecule has 30 heavy (non-hydrogen) atoms. The molecular formula is C21H18N2O7. The van der Waals surface area contributed by atoms with Crippen LogP contribution in [0.15, 0.2) is 47.1 Å². The van der Waals surface area contributed by atoms with Crippen molar-refractivity contribution in [1.82, 2.24) is 0 Å². The first-order valence-electron chi connectivity index (χ1n) is 8.99. The first kappa shape index (κ1) is 20.7. The molecule has 0 radical (unpaired) electrons. The number of benzene rings is 2. The number of carbonyl (C=O) groups is 2. The van der Waals surface area contributed by atoms with E-state index in [9.17, 15) is 19.7 Å². The first-order chi connectivity index (χ1) is 14.3. The van der Waals surface area contributed by atoms with E-state index < -0.39 is 16.9 Å². The maximum atomic E-state index is 12.2. The SMILES string of the molecule is CCC(=O)Oc1ccc(/C=C2/N=C(c3ccc(C)c([N+](=O)[O-])c3)OC2=O)cc1OC. The number of methoxy groups -OCH3 is 1. The van der Waals surface area contributed by atoms with Crippen molar-refractivity contribution in [2.24, 2.45) is 4.99 Å². The Morgan fingerprint density at radius 2 is 2.00 bits per heavy atom. The number of aryl methyl sites for hydroxylation is 1. The summed E-state index contributed by atoms with van der Waals surface area (Å²) in [6, 6.07) is 9.23. The van der Waals surface area contributed by atoms with E-state index in [0.29, 0.717) is 22.4 Å². The summed E-state index contributed by atoms with van der Waals surface area (Å²) in [7, 11) is 1.43. The van der Waals surface area contributed by atoms with Crippen LogP contribution in [0.2, 0.25) is 0 Å². The Hall–Kier alpha value is -4.01. The highest BCUT2D eigenvalue weighted by molar-refractivity contribution is 6.13. The lowest BCUT2D eigenvalue weighted by molar-refractivity contribution is -0.385. The number of nitro groups is 1. The average Bonchev–Trinajstić information content (AvgIpc) is 3.09. The van der Waals surface area contributed by atoms with E-state index in [4.69, 9.17) is 14.2 Å². The third-order valence-electron chi connectivity index (χ3n) is 4.28. The number of nitrogens with zero attached hydrogens (tertiary/aromatic N) is 2. The van der Waals surface area contributed by atoms with Gasteiger partial charge in [-0.3, -0.25) is 14.9 Å². The molecule has 0 aliphatic carbocycles. The maximum absolute atomic E-state index is 12.2. The Kier molecular flexibility index (Phi) is 5.91. The van der Waals surface area contributed by atoms with Crippen molar-refractivity contribution in [2.45, 2.75) is 20.3 Å². The maximum Gasteiger partial charge on any atom is 0.363 e. The fourth-order valence-corrected chi connectivity index (χ4v) is 2.68. The predicted octanol–water partition coefficient (Wildman–Crippen LogP) is 3.57. The van der Waals surface area contributed by atoms with Gasteiger partial charge in [0.25, 0.3) is 5.69 Å². The second-order valence-corrected chi connectivity index (χ2v) is 6.33. The van der Waals surface area contributed by atoms with Crippen LogP contribution in [0.5, 0.6) is 11.5 Å². The van der Waals surface area contributed by atoms with Gasteiger partial charge in [-0.25, -0.2) is 9.79 Å². The van der Waals surface area contributed by atoms with Gasteiger partial charge in [0.1, 0.15) is 0 Å².